The van der Waals surface area contributed by atoms with Gasteiger partial charge in [-0.2, -0.15) is 0 Å². The Morgan fingerprint density at radius 2 is 1.88 bits per heavy atom. The van der Waals surface area contributed by atoms with Gasteiger partial charge in [0.15, 0.2) is 5.78 Å². The lowest BCUT2D eigenvalue weighted by molar-refractivity contribution is 0.0971. The molecule has 4 rings (SSSR count). The van der Waals surface area contributed by atoms with Gasteiger partial charge in [0.2, 0.25) is 0 Å². The number of para-hydroxylation sites is 1. The molecule has 25 heavy (non-hydrogen) atoms. The Hall–Kier alpha value is -3.41. The zero-order valence-corrected chi connectivity index (χ0v) is 13.2. The fourth-order valence-corrected chi connectivity index (χ4v) is 3.38. The number of benzene rings is 2. The number of Topliss-reactive ketones (excluding diaryl/α,β-unsaturated/α-hetero) is 1. The van der Waals surface area contributed by atoms with E-state index in [4.69, 9.17) is 5.11 Å². The van der Waals surface area contributed by atoms with Gasteiger partial charge < -0.3 is 9.67 Å². The van der Waals surface area contributed by atoms with Gasteiger partial charge in [0.25, 0.3) is 0 Å². The lowest BCUT2D eigenvalue weighted by Gasteiger charge is -2.15. The van der Waals surface area contributed by atoms with E-state index < -0.39 is 6.09 Å². The summed E-state index contributed by atoms with van der Waals surface area (Å²) in [7, 11) is 0. The first-order valence-corrected chi connectivity index (χ1v) is 7.88. The zero-order valence-electron chi connectivity index (χ0n) is 13.2. The van der Waals surface area contributed by atoms with Crippen molar-refractivity contribution < 1.29 is 14.7 Å². The number of imidazole rings is 1. The molecule has 6 heteroatoms. The second kappa shape index (κ2) is 5.90. The third kappa shape index (κ3) is 2.57. The standard InChI is InChI=1S/C19H15N3O3/c23-18(14-7-3-4-8-15(14)21-19(24)25)9-16-12-5-1-2-6-13(12)17-10-20-11-22(16)17/h1-8,10-11,16,21H,9H2,(H,24,25). The topological polar surface area (TPSA) is 84.2 Å². The summed E-state index contributed by atoms with van der Waals surface area (Å²) in [5.41, 5.74) is 3.82. The van der Waals surface area contributed by atoms with E-state index in [1.807, 2.05) is 28.8 Å². The lowest BCUT2D eigenvalue weighted by Crippen LogP contribution is -2.15. The van der Waals surface area contributed by atoms with Crippen LogP contribution in [0.1, 0.15) is 28.4 Å². The van der Waals surface area contributed by atoms with Crippen molar-refractivity contribution >= 4 is 17.6 Å². The fourth-order valence-electron chi connectivity index (χ4n) is 3.38. The summed E-state index contributed by atoms with van der Waals surface area (Å²) in [6, 6.07) is 14.5. The number of nitrogens with zero attached hydrogens (tertiary/aromatic N) is 2. The maximum absolute atomic E-state index is 12.9. The molecule has 0 saturated carbocycles. The third-order valence-electron chi connectivity index (χ3n) is 4.45. The van der Waals surface area contributed by atoms with Crippen LogP contribution in [0, 0.1) is 0 Å². The van der Waals surface area contributed by atoms with Crippen LogP contribution in [0.15, 0.2) is 61.1 Å². The van der Waals surface area contributed by atoms with E-state index in [9.17, 15) is 9.59 Å². The molecule has 0 radical (unpaired) electrons. The number of hydrogen-bond acceptors (Lipinski definition) is 3. The van der Waals surface area contributed by atoms with Gasteiger partial charge in [-0.3, -0.25) is 10.1 Å². The van der Waals surface area contributed by atoms with Crippen molar-refractivity contribution in [3.63, 3.8) is 0 Å². The first-order chi connectivity index (χ1) is 12.1. The highest BCUT2D eigenvalue weighted by Gasteiger charge is 2.30. The van der Waals surface area contributed by atoms with Gasteiger partial charge >= 0.3 is 6.09 Å². The number of amides is 1. The number of fused-ring (bicyclic) bond motifs is 3. The second-order valence-electron chi connectivity index (χ2n) is 5.89. The number of anilines is 1. The minimum Gasteiger partial charge on any atom is -0.465 e. The molecule has 2 N–H and O–H groups in total. The Morgan fingerprint density at radius 1 is 1.12 bits per heavy atom. The van der Waals surface area contributed by atoms with Crippen LogP contribution in [-0.2, 0) is 0 Å². The highest BCUT2D eigenvalue weighted by Crippen LogP contribution is 2.41. The van der Waals surface area contributed by atoms with Gasteiger partial charge in [0.05, 0.1) is 29.9 Å². The van der Waals surface area contributed by atoms with Crippen molar-refractivity contribution in [2.45, 2.75) is 12.5 Å². The maximum Gasteiger partial charge on any atom is 0.409 e. The molecule has 0 saturated heterocycles. The van der Waals surface area contributed by atoms with Gasteiger partial charge in [-0.1, -0.05) is 36.4 Å². The summed E-state index contributed by atoms with van der Waals surface area (Å²) >= 11 is 0. The summed E-state index contributed by atoms with van der Waals surface area (Å²) in [6.07, 6.45) is 2.57. The van der Waals surface area contributed by atoms with Crippen LogP contribution >= 0.6 is 0 Å². The van der Waals surface area contributed by atoms with Crippen molar-refractivity contribution in [1.29, 1.82) is 0 Å². The van der Waals surface area contributed by atoms with E-state index in [0.29, 0.717) is 11.3 Å². The molecule has 0 spiro atoms. The molecule has 6 nitrogen and oxygen atoms in total. The fraction of sp³-hybridized carbons (Fsp3) is 0.105. The predicted molar refractivity (Wildman–Crippen MR) is 92.8 cm³/mol. The Bertz CT molecular complexity index is 977. The van der Waals surface area contributed by atoms with Crippen molar-refractivity contribution in [3.8, 4) is 11.3 Å². The van der Waals surface area contributed by atoms with Gasteiger partial charge in [-0.05, 0) is 17.7 Å². The second-order valence-corrected chi connectivity index (χ2v) is 5.89. The molecule has 0 bridgehead atoms. The maximum atomic E-state index is 12.9. The van der Waals surface area contributed by atoms with Crippen LogP contribution in [0.25, 0.3) is 11.3 Å². The molecule has 1 aliphatic heterocycles. The number of ketones is 1. The van der Waals surface area contributed by atoms with Crippen molar-refractivity contribution in [1.82, 2.24) is 9.55 Å². The number of carboxylic acid groups (broad SMARTS) is 1. The highest BCUT2D eigenvalue weighted by molar-refractivity contribution is 6.04. The van der Waals surface area contributed by atoms with Crippen LogP contribution in [0.3, 0.4) is 0 Å². The Labute approximate surface area is 143 Å². The summed E-state index contributed by atoms with van der Waals surface area (Å²) in [5, 5.41) is 11.2. The van der Waals surface area contributed by atoms with E-state index in [0.717, 1.165) is 16.8 Å². The molecule has 1 aromatic heterocycles. The molecule has 1 amide bonds. The molecular formula is C19H15N3O3. The van der Waals surface area contributed by atoms with Crippen molar-refractivity contribution in [2.24, 2.45) is 0 Å². The van der Waals surface area contributed by atoms with E-state index in [1.165, 1.54) is 0 Å². The molecule has 2 aromatic carbocycles. The summed E-state index contributed by atoms with van der Waals surface area (Å²) in [6.45, 7) is 0. The van der Waals surface area contributed by atoms with Crippen LogP contribution in [0.4, 0.5) is 10.5 Å². The van der Waals surface area contributed by atoms with Crippen LogP contribution < -0.4 is 5.32 Å². The van der Waals surface area contributed by atoms with Crippen LogP contribution in [0.5, 0.6) is 0 Å². The molecule has 1 atom stereocenters. The van der Waals surface area contributed by atoms with Crippen molar-refractivity contribution in [2.75, 3.05) is 5.32 Å². The molecule has 0 aliphatic carbocycles. The van der Waals surface area contributed by atoms with Crippen molar-refractivity contribution in [3.05, 3.63) is 72.2 Å². The number of aromatic nitrogens is 2. The summed E-state index contributed by atoms with van der Waals surface area (Å²) in [4.78, 5) is 28.0. The Kier molecular flexibility index (Phi) is 3.57. The number of nitrogens with one attached hydrogen (secondary N) is 1. The highest BCUT2D eigenvalue weighted by atomic mass is 16.4. The first kappa shape index (κ1) is 15.1. The monoisotopic (exact) mass is 333 g/mol. The number of rotatable bonds is 4. The first-order valence-electron chi connectivity index (χ1n) is 7.88. The average Bonchev–Trinajstić information content (AvgIpc) is 3.18. The van der Waals surface area contributed by atoms with Gasteiger partial charge in [0.1, 0.15) is 0 Å². The van der Waals surface area contributed by atoms with Gasteiger partial charge in [0, 0.05) is 17.5 Å². The quantitative estimate of drug-likeness (QED) is 0.711. The normalized spacial score (nSPS) is 14.6. The van der Waals surface area contributed by atoms with Gasteiger partial charge in [-0.15, -0.1) is 0 Å². The summed E-state index contributed by atoms with van der Waals surface area (Å²) in [5.74, 6) is -0.120. The number of carbonyl (C=O) groups is 2. The van der Waals surface area contributed by atoms with Crippen LogP contribution in [-0.4, -0.2) is 26.5 Å². The molecular weight excluding hydrogens is 318 g/mol. The minimum atomic E-state index is -1.19. The summed E-state index contributed by atoms with van der Waals surface area (Å²) < 4.78 is 2.00. The smallest absolute Gasteiger partial charge is 0.409 e. The predicted octanol–water partition coefficient (Wildman–Crippen LogP) is 3.82. The third-order valence-corrected chi connectivity index (χ3v) is 4.45. The minimum absolute atomic E-state index is 0.120. The average molecular weight is 333 g/mol. The Morgan fingerprint density at radius 3 is 2.72 bits per heavy atom. The molecule has 124 valence electrons. The van der Waals surface area contributed by atoms with E-state index in [-0.39, 0.29) is 18.2 Å². The molecule has 1 unspecified atom stereocenters. The van der Waals surface area contributed by atoms with Gasteiger partial charge in [-0.25, -0.2) is 9.78 Å². The van der Waals surface area contributed by atoms with Crippen LogP contribution in [0.2, 0.25) is 0 Å². The van der Waals surface area contributed by atoms with E-state index >= 15 is 0 Å². The number of carbonyl (C=O) groups excluding carboxylic acids is 1. The zero-order chi connectivity index (χ0) is 17.4. The number of hydrogen-bond donors (Lipinski definition) is 2. The lowest BCUT2D eigenvalue weighted by atomic mass is 9.96. The molecule has 0 fully saturated rings. The molecule has 2 heterocycles. The molecule has 1 aliphatic rings. The SMILES string of the molecule is O=C(O)Nc1ccccc1C(=O)CC1c2ccccc2-c2cncn21. The van der Waals surface area contributed by atoms with E-state index in [2.05, 4.69) is 10.3 Å². The Balaban J connectivity index is 1.68. The molecule has 3 aromatic rings. The largest absolute Gasteiger partial charge is 0.465 e. The van der Waals surface area contributed by atoms with E-state index in [1.54, 1.807) is 36.8 Å².